The molecular weight excluding hydrogens is 268 g/mol. The first-order valence-electron chi connectivity index (χ1n) is 7.93. The predicted molar refractivity (Wildman–Crippen MR) is 78.5 cm³/mol. The second-order valence-electron chi connectivity index (χ2n) is 6.01. The van der Waals surface area contributed by atoms with Crippen molar-refractivity contribution in [3.8, 4) is 0 Å². The maximum absolute atomic E-state index is 12.4. The average molecular weight is 292 g/mol. The van der Waals surface area contributed by atoms with E-state index in [4.69, 9.17) is 5.11 Å². The number of nitrogens with zero attached hydrogens (tertiary/aromatic N) is 4. The van der Waals surface area contributed by atoms with Crippen LogP contribution in [0.5, 0.6) is 0 Å². The van der Waals surface area contributed by atoms with E-state index in [0.717, 1.165) is 51.3 Å². The van der Waals surface area contributed by atoms with Gasteiger partial charge in [0.05, 0.1) is 31.1 Å². The van der Waals surface area contributed by atoms with Gasteiger partial charge in [0.15, 0.2) is 0 Å². The molecule has 0 radical (unpaired) electrons. The van der Waals surface area contributed by atoms with Gasteiger partial charge in [-0.3, -0.25) is 14.4 Å². The highest BCUT2D eigenvalue weighted by atomic mass is 16.3. The zero-order chi connectivity index (χ0) is 14.7. The molecule has 1 fully saturated rings. The summed E-state index contributed by atoms with van der Waals surface area (Å²) in [6, 6.07) is 1.93. The molecule has 3 rings (SSSR count). The Morgan fingerprint density at radius 2 is 1.90 bits per heavy atom. The van der Waals surface area contributed by atoms with Crippen LogP contribution in [0.4, 0.5) is 0 Å². The van der Waals surface area contributed by atoms with Crippen molar-refractivity contribution < 1.29 is 9.90 Å². The van der Waals surface area contributed by atoms with Gasteiger partial charge >= 0.3 is 0 Å². The molecule has 1 saturated heterocycles. The van der Waals surface area contributed by atoms with Crippen LogP contribution in [0, 0.1) is 0 Å². The Hall–Kier alpha value is -1.40. The summed E-state index contributed by atoms with van der Waals surface area (Å²) in [5, 5.41) is 13.5. The topological polar surface area (TPSA) is 61.6 Å². The highest BCUT2D eigenvalue weighted by Gasteiger charge is 2.23. The molecule has 0 spiro atoms. The number of likely N-dealkylation sites (tertiary alicyclic amines) is 1. The highest BCUT2D eigenvalue weighted by molar-refractivity contribution is 5.78. The van der Waals surface area contributed by atoms with E-state index >= 15 is 0 Å². The largest absolute Gasteiger partial charge is 0.390 e. The number of aliphatic hydroxyl groups excluding tert-OH is 1. The van der Waals surface area contributed by atoms with E-state index in [1.807, 2.05) is 15.6 Å². The standard InChI is InChI=1S/C15H24N4O2/c20-12-13-9-14-10-17(7-8-19(14)16-13)11-15(21)18-5-3-1-2-4-6-18/h9,20H,1-8,10-12H2. The zero-order valence-electron chi connectivity index (χ0n) is 12.5. The van der Waals surface area contributed by atoms with Crippen LogP contribution in [0.2, 0.25) is 0 Å². The third-order valence-electron chi connectivity index (χ3n) is 4.41. The van der Waals surface area contributed by atoms with Gasteiger partial charge in [0, 0.05) is 26.2 Å². The zero-order valence-corrected chi connectivity index (χ0v) is 12.5. The van der Waals surface area contributed by atoms with Gasteiger partial charge in [0.2, 0.25) is 5.91 Å². The van der Waals surface area contributed by atoms with Gasteiger partial charge in [-0.1, -0.05) is 12.8 Å². The van der Waals surface area contributed by atoms with Crippen molar-refractivity contribution in [2.24, 2.45) is 0 Å². The van der Waals surface area contributed by atoms with Gasteiger partial charge in [-0.25, -0.2) is 0 Å². The fourth-order valence-electron chi connectivity index (χ4n) is 3.20. The molecule has 116 valence electrons. The molecule has 1 aromatic heterocycles. The lowest BCUT2D eigenvalue weighted by molar-refractivity contribution is -0.132. The Balaban J connectivity index is 1.57. The number of carbonyl (C=O) groups excluding carboxylic acids is 1. The lowest BCUT2D eigenvalue weighted by atomic mass is 10.2. The van der Waals surface area contributed by atoms with Crippen LogP contribution in [-0.4, -0.2) is 56.8 Å². The first kappa shape index (κ1) is 14.5. The van der Waals surface area contributed by atoms with Crippen LogP contribution in [0.1, 0.15) is 37.1 Å². The first-order chi connectivity index (χ1) is 10.3. The monoisotopic (exact) mass is 292 g/mol. The average Bonchev–Trinajstić information content (AvgIpc) is 2.71. The van der Waals surface area contributed by atoms with E-state index in [0.29, 0.717) is 12.2 Å². The SMILES string of the molecule is O=C(CN1CCn2nc(CO)cc2C1)N1CCCCCC1. The maximum Gasteiger partial charge on any atom is 0.236 e. The smallest absolute Gasteiger partial charge is 0.236 e. The van der Waals surface area contributed by atoms with Crippen LogP contribution >= 0.6 is 0 Å². The van der Waals surface area contributed by atoms with Gasteiger partial charge in [0.25, 0.3) is 0 Å². The van der Waals surface area contributed by atoms with Gasteiger partial charge in [-0.2, -0.15) is 5.10 Å². The maximum atomic E-state index is 12.4. The lowest BCUT2D eigenvalue weighted by Gasteiger charge is -2.29. The molecule has 0 aliphatic carbocycles. The van der Waals surface area contributed by atoms with E-state index in [1.54, 1.807) is 0 Å². The Morgan fingerprint density at radius 3 is 2.62 bits per heavy atom. The van der Waals surface area contributed by atoms with E-state index in [-0.39, 0.29) is 12.5 Å². The normalized spacial score (nSPS) is 20.1. The minimum absolute atomic E-state index is 0.0211. The van der Waals surface area contributed by atoms with Crippen LogP contribution in [0.3, 0.4) is 0 Å². The second kappa shape index (κ2) is 6.58. The van der Waals surface area contributed by atoms with Crippen LogP contribution in [0.25, 0.3) is 0 Å². The van der Waals surface area contributed by atoms with Crippen molar-refractivity contribution in [1.29, 1.82) is 0 Å². The predicted octanol–water partition coefficient (Wildman–Crippen LogP) is 0.594. The molecule has 6 nitrogen and oxygen atoms in total. The molecular formula is C15H24N4O2. The molecule has 1 N–H and O–H groups in total. The van der Waals surface area contributed by atoms with Crippen LogP contribution in [-0.2, 0) is 24.5 Å². The van der Waals surface area contributed by atoms with E-state index in [9.17, 15) is 4.79 Å². The van der Waals surface area contributed by atoms with Crippen molar-refractivity contribution in [2.45, 2.75) is 45.4 Å². The van der Waals surface area contributed by atoms with Crippen molar-refractivity contribution in [3.05, 3.63) is 17.5 Å². The van der Waals surface area contributed by atoms with Gasteiger partial charge in [-0.15, -0.1) is 0 Å². The number of aromatic nitrogens is 2. The number of aliphatic hydroxyl groups is 1. The fourth-order valence-corrected chi connectivity index (χ4v) is 3.20. The Kier molecular flexibility index (Phi) is 4.55. The Bertz CT molecular complexity index is 492. The van der Waals surface area contributed by atoms with E-state index in [1.165, 1.54) is 12.8 Å². The third-order valence-corrected chi connectivity index (χ3v) is 4.41. The third kappa shape index (κ3) is 3.44. The molecule has 2 aliphatic heterocycles. The van der Waals surface area contributed by atoms with Gasteiger partial charge in [-0.05, 0) is 18.9 Å². The summed E-state index contributed by atoms with van der Waals surface area (Å²) in [5.74, 6) is 0.257. The number of carbonyl (C=O) groups is 1. The number of hydrogen-bond donors (Lipinski definition) is 1. The fraction of sp³-hybridized carbons (Fsp3) is 0.733. The van der Waals surface area contributed by atoms with E-state index < -0.39 is 0 Å². The molecule has 1 amide bonds. The minimum Gasteiger partial charge on any atom is -0.390 e. The minimum atomic E-state index is -0.0211. The molecule has 21 heavy (non-hydrogen) atoms. The molecule has 0 unspecified atom stereocenters. The number of fused-ring (bicyclic) bond motifs is 1. The molecule has 0 saturated carbocycles. The van der Waals surface area contributed by atoms with Gasteiger partial charge < -0.3 is 10.0 Å². The van der Waals surface area contributed by atoms with Crippen molar-refractivity contribution in [1.82, 2.24) is 19.6 Å². The molecule has 0 bridgehead atoms. The van der Waals surface area contributed by atoms with Crippen LogP contribution < -0.4 is 0 Å². The second-order valence-corrected chi connectivity index (χ2v) is 6.01. The van der Waals surface area contributed by atoms with Crippen molar-refractivity contribution in [3.63, 3.8) is 0 Å². The molecule has 1 aromatic rings. The number of rotatable bonds is 3. The molecule has 0 atom stereocenters. The summed E-state index contributed by atoms with van der Waals surface area (Å²) in [6.07, 6.45) is 4.77. The molecule has 2 aliphatic rings. The molecule has 6 heteroatoms. The summed E-state index contributed by atoms with van der Waals surface area (Å²) >= 11 is 0. The van der Waals surface area contributed by atoms with Crippen molar-refractivity contribution in [2.75, 3.05) is 26.2 Å². The summed E-state index contributed by atoms with van der Waals surface area (Å²) in [7, 11) is 0. The Morgan fingerprint density at radius 1 is 1.14 bits per heavy atom. The summed E-state index contributed by atoms with van der Waals surface area (Å²) in [5.41, 5.74) is 1.81. The summed E-state index contributed by atoms with van der Waals surface area (Å²) < 4.78 is 1.94. The quantitative estimate of drug-likeness (QED) is 0.886. The molecule has 3 heterocycles. The number of hydrogen-bond acceptors (Lipinski definition) is 4. The lowest BCUT2D eigenvalue weighted by Crippen LogP contribution is -2.43. The summed E-state index contributed by atoms with van der Waals surface area (Å²) in [4.78, 5) is 16.6. The number of amides is 1. The highest BCUT2D eigenvalue weighted by Crippen LogP contribution is 2.15. The van der Waals surface area contributed by atoms with Crippen LogP contribution in [0.15, 0.2) is 6.07 Å². The first-order valence-corrected chi connectivity index (χ1v) is 7.93. The van der Waals surface area contributed by atoms with Crippen molar-refractivity contribution >= 4 is 5.91 Å². The summed E-state index contributed by atoms with van der Waals surface area (Å²) in [6.45, 7) is 4.69. The Labute approximate surface area is 125 Å². The molecule has 0 aromatic carbocycles. The van der Waals surface area contributed by atoms with E-state index in [2.05, 4.69) is 10.00 Å². The van der Waals surface area contributed by atoms with Gasteiger partial charge in [0.1, 0.15) is 0 Å².